The van der Waals surface area contributed by atoms with Crippen molar-refractivity contribution >= 4 is 33.0 Å². The van der Waals surface area contributed by atoms with Crippen LogP contribution in [0.1, 0.15) is 37.3 Å². The Kier molecular flexibility index (Phi) is 5.24. The zero-order chi connectivity index (χ0) is 14.7. The maximum atomic E-state index is 9.66. The van der Waals surface area contributed by atoms with Crippen LogP contribution in [0.5, 0.6) is 0 Å². The number of rotatable bonds is 5. The van der Waals surface area contributed by atoms with Crippen molar-refractivity contribution in [1.29, 1.82) is 0 Å². The Bertz CT molecular complexity index is 552. The Morgan fingerprint density at radius 3 is 2.50 bits per heavy atom. The molecule has 0 bridgehead atoms. The van der Waals surface area contributed by atoms with Gasteiger partial charge in [-0.3, -0.25) is 0 Å². The molecule has 1 N–H and O–H groups in total. The highest BCUT2D eigenvalue weighted by atomic mass is 79.9. The normalized spacial score (nSPS) is 12.7. The van der Waals surface area contributed by atoms with Gasteiger partial charge in [0, 0.05) is 15.4 Å². The predicted octanol–water partition coefficient (Wildman–Crippen LogP) is 4.98. The zero-order valence-corrected chi connectivity index (χ0v) is 14.4. The Labute approximate surface area is 133 Å². The molecule has 0 unspecified atom stereocenters. The van der Waals surface area contributed by atoms with Gasteiger partial charge in [0.1, 0.15) is 0 Å². The molecule has 0 aliphatic heterocycles. The molecule has 1 aromatic heterocycles. The third kappa shape index (κ3) is 3.62. The van der Waals surface area contributed by atoms with Crippen LogP contribution in [0, 0.1) is 0 Å². The number of halogens is 1. The zero-order valence-electron chi connectivity index (χ0n) is 12.0. The molecule has 2 nitrogen and oxygen atoms in total. The number of hydrogen-bond donors (Lipinski definition) is 1. The maximum Gasteiger partial charge on any atom is 0.0762 e. The van der Waals surface area contributed by atoms with E-state index in [0.29, 0.717) is 6.04 Å². The molecule has 0 aliphatic rings. The molecule has 0 saturated heterocycles. The Balaban J connectivity index is 2.30. The van der Waals surface area contributed by atoms with Gasteiger partial charge in [0.25, 0.3) is 0 Å². The summed E-state index contributed by atoms with van der Waals surface area (Å²) in [6.07, 6.45) is -0.440. The summed E-state index contributed by atoms with van der Waals surface area (Å²) in [4.78, 5) is 3.71. The van der Waals surface area contributed by atoms with E-state index in [-0.39, 0.29) is 0 Å². The quantitative estimate of drug-likeness (QED) is 0.819. The van der Waals surface area contributed by atoms with Crippen molar-refractivity contribution in [2.45, 2.75) is 39.5 Å². The number of aliphatic hydroxyl groups is 1. The molecule has 1 atom stereocenters. The van der Waals surface area contributed by atoms with Crippen molar-refractivity contribution in [3.8, 4) is 0 Å². The molecule has 0 radical (unpaired) electrons. The molecule has 20 heavy (non-hydrogen) atoms. The van der Waals surface area contributed by atoms with Gasteiger partial charge in [-0.05, 0) is 65.8 Å². The Morgan fingerprint density at radius 2 is 2.00 bits per heavy atom. The second kappa shape index (κ2) is 6.74. The van der Waals surface area contributed by atoms with E-state index in [0.717, 1.165) is 22.3 Å². The minimum absolute atomic E-state index is 0.408. The van der Waals surface area contributed by atoms with Crippen LogP contribution in [0.25, 0.3) is 0 Å². The molecule has 4 heteroatoms. The molecule has 2 rings (SSSR count). The third-order valence-corrected chi connectivity index (χ3v) is 4.79. The van der Waals surface area contributed by atoms with E-state index in [9.17, 15) is 5.11 Å². The summed E-state index contributed by atoms with van der Waals surface area (Å²) in [7, 11) is 0. The van der Waals surface area contributed by atoms with Gasteiger partial charge in [0.2, 0.25) is 0 Å². The summed E-state index contributed by atoms with van der Waals surface area (Å²) in [6.45, 7) is 7.08. The number of nitrogens with zero attached hydrogens (tertiary/aromatic N) is 1. The van der Waals surface area contributed by atoms with Crippen LogP contribution >= 0.6 is 27.3 Å². The van der Waals surface area contributed by atoms with E-state index in [1.165, 1.54) is 4.88 Å². The molecule has 108 valence electrons. The number of thiophene rings is 1. The van der Waals surface area contributed by atoms with Crippen molar-refractivity contribution in [3.05, 3.63) is 50.6 Å². The number of aliphatic hydroxyl groups excluding tert-OH is 1. The lowest BCUT2D eigenvalue weighted by Gasteiger charge is -2.30. The first-order valence-electron chi connectivity index (χ1n) is 6.75. The summed E-state index contributed by atoms with van der Waals surface area (Å²) in [5, 5.41) is 11.8. The minimum atomic E-state index is -0.440. The standard InChI is InChI=1S/C16H20BrNOS/c1-11(2)18(10-14-5-4-8-20-14)16-7-6-13(12(3)19)9-15(16)17/h4-9,11-12,19H,10H2,1-3H3/t12-/m1/s1. The Morgan fingerprint density at radius 1 is 1.25 bits per heavy atom. The van der Waals surface area contributed by atoms with Gasteiger partial charge in [-0.15, -0.1) is 11.3 Å². The smallest absolute Gasteiger partial charge is 0.0762 e. The topological polar surface area (TPSA) is 23.5 Å². The second-order valence-corrected chi connectivity index (χ2v) is 7.07. The minimum Gasteiger partial charge on any atom is -0.389 e. The van der Waals surface area contributed by atoms with Gasteiger partial charge >= 0.3 is 0 Å². The van der Waals surface area contributed by atoms with Gasteiger partial charge in [0.15, 0.2) is 0 Å². The van der Waals surface area contributed by atoms with Crippen LogP contribution in [0.3, 0.4) is 0 Å². The number of anilines is 1. The summed E-state index contributed by atoms with van der Waals surface area (Å²) < 4.78 is 1.03. The second-order valence-electron chi connectivity index (χ2n) is 5.19. The average Bonchev–Trinajstić information content (AvgIpc) is 2.89. The van der Waals surface area contributed by atoms with Crippen molar-refractivity contribution in [2.75, 3.05) is 4.90 Å². The van der Waals surface area contributed by atoms with Gasteiger partial charge in [-0.1, -0.05) is 12.1 Å². The third-order valence-electron chi connectivity index (χ3n) is 3.29. The fourth-order valence-corrected chi connectivity index (χ4v) is 3.46. The van der Waals surface area contributed by atoms with E-state index >= 15 is 0 Å². The summed E-state index contributed by atoms with van der Waals surface area (Å²) in [5.74, 6) is 0. The molecular formula is C16H20BrNOS. The average molecular weight is 354 g/mol. The molecular weight excluding hydrogens is 334 g/mol. The predicted molar refractivity (Wildman–Crippen MR) is 90.4 cm³/mol. The summed E-state index contributed by atoms with van der Waals surface area (Å²) in [6, 6.07) is 10.7. The van der Waals surface area contributed by atoms with Crippen LogP contribution in [0.15, 0.2) is 40.2 Å². The van der Waals surface area contributed by atoms with Gasteiger partial charge in [-0.2, -0.15) is 0 Å². The van der Waals surface area contributed by atoms with Gasteiger partial charge < -0.3 is 10.0 Å². The van der Waals surface area contributed by atoms with Crippen molar-refractivity contribution in [1.82, 2.24) is 0 Å². The molecule has 0 amide bonds. The first-order chi connectivity index (χ1) is 9.49. The maximum absolute atomic E-state index is 9.66. The first-order valence-corrected chi connectivity index (χ1v) is 8.43. The SMILES string of the molecule is CC(C)N(Cc1cccs1)c1ccc([C@@H](C)O)cc1Br. The fraction of sp³-hybridized carbons (Fsp3) is 0.375. The van der Waals surface area contributed by atoms with E-state index in [2.05, 4.69) is 58.3 Å². The molecule has 0 fully saturated rings. The first kappa shape index (κ1) is 15.5. The van der Waals surface area contributed by atoms with Crippen molar-refractivity contribution in [3.63, 3.8) is 0 Å². The van der Waals surface area contributed by atoms with E-state index in [1.54, 1.807) is 18.3 Å². The number of hydrogen-bond acceptors (Lipinski definition) is 3. The molecule has 0 saturated carbocycles. The summed E-state index contributed by atoms with van der Waals surface area (Å²) in [5.41, 5.74) is 2.10. The monoisotopic (exact) mass is 353 g/mol. The van der Waals surface area contributed by atoms with Crippen molar-refractivity contribution in [2.24, 2.45) is 0 Å². The van der Waals surface area contributed by atoms with E-state index < -0.39 is 6.10 Å². The van der Waals surface area contributed by atoms with Gasteiger partial charge in [-0.25, -0.2) is 0 Å². The highest BCUT2D eigenvalue weighted by molar-refractivity contribution is 9.10. The van der Waals surface area contributed by atoms with E-state index in [1.807, 2.05) is 12.1 Å². The molecule has 1 heterocycles. The summed E-state index contributed by atoms with van der Waals surface area (Å²) >= 11 is 5.42. The van der Waals surface area contributed by atoms with Gasteiger partial charge in [0.05, 0.1) is 18.3 Å². The van der Waals surface area contributed by atoms with Crippen LogP contribution in [0.4, 0.5) is 5.69 Å². The largest absolute Gasteiger partial charge is 0.389 e. The molecule has 0 aliphatic carbocycles. The van der Waals surface area contributed by atoms with E-state index in [4.69, 9.17) is 0 Å². The lowest BCUT2D eigenvalue weighted by Crippen LogP contribution is -2.30. The van der Waals surface area contributed by atoms with Crippen LogP contribution < -0.4 is 4.90 Å². The molecule has 1 aromatic carbocycles. The molecule has 2 aromatic rings. The van der Waals surface area contributed by atoms with Crippen LogP contribution in [-0.4, -0.2) is 11.1 Å². The van der Waals surface area contributed by atoms with Crippen molar-refractivity contribution < 1.29 is 5.11 Å². The highest BCUT2D eigenvalue weighted by Crippen LogP contribution is 2.32. The lowest BCUT2D eigenvalue weighted by molar-refractivity contribution is 0.199. The van der Waals surface area contributed by atoms with Crippen LogP contribution in [0.2, 0.25) is 0 Å². The molecule has 0 spiro atoms. The lowest BCUT2D eigenvalue weighted by atomic mass is 10.1. The number of benzene rings is 1. The van der Waals surface area contributed by atoms with Crippen LogP contribution in [-0.2, 0) is 6.54 Å². The Hall–Kier alpha value is -0.840. The highest BCUT2D eigenvalue weighted by Gasteiger charge is 2.15. The fourth-order valence-electron chi connectivity index (χ4n) is 2.13.